The number of anilines is 1. The number of piperidine rings is 3. The number of phenolic OH excluding ortho intramolecular Hbond substituents is 1. The van der Waals surface area contributed by atoms with Crippen molar-refractivity contribution in [1.82, 2.24) is 19.8 Å². The maximum atomic E-state index is 13.3. The first kappa shape index (κ1) is 42.0. The molecule has 2 atom stereocenters. The van der Waals surface area contributed by atoms with Gasteiger partial charge >= 0.3 is 11.8 Å². The number of rotatable bonds is 13. The van der Waals surface area contributed by atoms with E-state index in [4.69, 9.17) is 13.6 Å². The molecule has 61 heavy (non-hydrogen) atoms. The lowest BCUT2D eigenvalue weighted by Crippen LogP contribution is -2.52. The summed E-state index contributed by atoms with van der Waals surface area (Å²) in [5.41, 5.74) is 6.44. The Balaban J connectivity index is 0.984. The number of carbonyl (C=O) groups excluding carboxylic acids is 1. The summed E-state index contributed by atoms with van der Waals surface area (Å²) in [5.74, 6) is -0.0496. The zero-order chi connectivity index (χ0) is 42.9. The van der Waals surface area contributed by atoms with Crippen LogP contribution >= 0.6 is 0 Å². The van der Waals surface area contributed by atoms with Crippen LogP contribution in [-0.2, 0) is 22.3 Å². The molecule has 0 unspecified atom stereocenters. The molecule has 5 heterocycles. The summed E-state index contributed by atoms with van der Waals surface area (Å²) in [7, 11) is -2.27. The van der Waals surface area contributed by atoms with Crippen LogP contribution in [0.15, 0.2) is 111 Å². The molecular weight excluding hydrogens is 787 g/mol. The Hall–Kier alpha value is -5.73. The van der Waals surface area contributed by atoms with Gasteiger partial charge in [-0.25, -0.2) is 9.59 Å². The lowest BCUT2D eigenvalue weighted by atomic mass is 9.86. The lowest BCUT2D eigenvalue weighted by molar-refractivity contribution is -0.0289. The smallest absolute Gasteiger partial charge is 0.420 e. The second kappa shape index (κ2) is 17.3. The van der Waals surface area contributed by atoms with E-state index < -0.39 is 20.2 Å². The summed E-state index contributed by atoms with van der Waals surface area (Å²) in [6.07, 6.45) is 5.02. The van der Waals surface area contributed by atoms with Crippen LogP contribution in [0.25, 0.3) is 39.2 Å². The van der Waals surface area contributed by atoms with Crippen LogP contribution in [0.4, 0.5) is 10.5 Å². The number of ether oxygens (including phenoxy) is 1. The van der Waals surface area contributed by atoms with Gasteiger partial charge < -0.3 is 29.0 Å². The van der Waals surface area contributed by atoms with E-state index in [-0.39, 0.29) is 35.1 Å². The molecule has 3 aliphatic heterocycles. The van der Waals surface area contributed by atoms with Crippen LogP contribution in [-0.4, -0.2) is 66.3 Å². The Kier molecular flexibility index (Phi) is 11.9. The van der Waals surface area contributed by atoms with Crippen molar-refractivity contribution in [3.05, 3.63) is 135 Å². The number of aromatic nitrogens is 2. The van der Waals surface area contributed by atoms with Crippen molar-refractivity contribution >= 4 is 48.2 Å². The second-order valence-electron chi connectivity index (χ2n) is 17.8. The number of allylic oxidation sites excluding steroid dienone is 1. The van der Waals surface area contributed by atoms with Crippen molar-refractivity contribution in [2.24, 2.45) is 5.92 Å². The largest absolute Gasteiger partial charge is 0.506 e. The van der Waals surface area contributed by atoms with Gasteiger partial charge in [-0.3, -0.25) is 19.6 Å². The molecule has 1 amide bonds. The molecule has 4 N–H and O–H groups in total. The molecule has 3 fully saturated rings. The van der Waals surface area contributed by atoms with Crippen LogP contribution in [0.3, 0.4) is 0 Å². The highest BCUT2D eigenvalue weighted by Gasteiger charge is 2.40. The van der Waals surface area contributed by atoms with Gasteiger partial charge in [-0.15, -0.1) is 0 Å². The Bertz CT molecular complexity index is 2690. The molecule has 2 aromatic heterocycles. The van der Waals surface area contributed by atoms with E-state index in [0.717, 1.165) is 65.7 Å². The number of nitrogens with zero attached hydrogens (tertiary/aromatic N) is 2. The number of fused-ring (bicyclic) bond motifs is 5. The normalized spacial score (nSPS) is 18.5. The third-order valence-corrected chi connectivity index (χ3v) is 17.2. The fourth-order valence-corrected chi connectivity index (χ4v) is 9.55. The zero-order valence-electron chi connectivity index (χ0n) is 35.5. The van der Waals surface area contributed by atoms with Crippen LogP contribution < -0.4 is 21.9 Å². The number of benzene rings is 4. The first-order chi connectivity index (χ1) is 29.2. The molecular formula is C48H55N5O7Si. The van der Waals surface area contributed by atoms with Gasteiger partial charge in [-0.05, 0) is 103 Å². The highest BCUT2D eigenvalue weighted by Crippen LogP contribution is 2.41. The molecule has 0 spiro atoms. The molecule has 2 bridgehead atoms. The number of amides is 1. The summed E-state index contributed by atoms with van der Waals surface area (Å²) in [6, 6.07) is 28.2. The average Bonchev–Trinajstić information content (AvgIpc) is 3.54. The average molecular weight is 842 g/mol. The Morgan fingerprint density at radius 2 is 1.79 bits per heavy atom. The van der Waals surface area contributed by atoms with E-state index in [0.29, 0.717) is 41.3 Å². The molecule has 0 saturated carbocycles. The van der Waals surface area contributed by atoms with Crippen molar-refractivity contribution in [3.8, 4) is 16.9 Å². The van der Waals surface area contributed by atoms with E-state index in [1.165, 1.54) is 6.07 Å². The predicted molar refractivity (Wildman–Crippen MR) is 243 cm³/mol. The van der Waals surface area contributed by atoms with Crippen molar-refractivity contribution in [1.29, 1.82) is 0 Å². The maximum absolute atomic E-state index is 13.3. The number of phenols is 1. The lowest BCUT2D eigenvalue weighted by Gasteiger charge is -2.43. The Labute approximate surface area is 356 Å². The molecule has 6 aromatic rings. The number of carbonyl (C=O) groups is 1. The van der Waals surface area contributed by atoms with Crippen LogP contribution in [0, 0.1) is 5.92 Å². The number of oxazole rings is 1. The van der Waals surface area contributed by atoms with Gasteiger partial charge in [0.1, 0.15) is 11.9 Å². The summed E-state index contributed by atoms with van der Waals surface area (Å²) in [5, 5.41) is 17.9. The number of pyridine rings is 1. The van der Waals surface area contributed by atoms with Gasteiger partial charge in [0.15, 0.2) is 13.9 Å². The summed E-state index contributed by atoms with van der Waals surface area (Å²) in [6.45, 7) is 15.1. The molecule has 3 saturated heterocycles. The Morgan fingerprint density at radius 1 is 1.00 bits per heavy atom. The van der Waals surface area contributed by atoms with E-state index >= 15 is 0 Å². The molecule has 0 radical (unpaired) electrons. The van der Waals surface area contributed by atoms with Crippen LogP contribution in [0.1, 0.15) is 56.4 Å². The molecule has 13 heteroatoms. The molecule has 12 nitrogen and oxygen atoms in total. The third kappa shape index (κ3) is 9.30. The third-order valence-electron chi connectivity index (χ3n) is 12.7. The monoisotopic (exact) mass is 841 g/mol. The predicted octanol–water partition coefficient (Wildman–Crippen LogP) is 9.02. The quantitative estimate of drug-likeness (QED) is 0.0836. The summed E-state index contributed by atoms with van der Waals surface area (Å²) >= 11 is 0. The van der Waals surface area contributed by atoms with Crippen molar-refractivity contribution in [2.45, 2.75) is 77.0 Å². The number of hydrogen-bond donors (Lipinski definition) is 4. The fourth-order valence-electron chi connectivity index (χ4n) is 8.28. The van der Waals surface area contributed by atoms with Crippen LogP contribution in [0.2, 0.25) is 18.1 Å². The number of H-pyrrole nitrogens is 1. The van der Waals surface area contributed by atoms with E-state index in [9.17, 15) is 19.5 Å². The van der Waals surface area contributed by atoms with E-state index in [1.54, 1.807) is 16.7 Å². The van der Waals surface area contributed by atoms with Crippen molar-refractivity contribution in [2.75, 3.05) is 31.5 Å². The standard InChI is InChI=1S/C48H55N5O7Si/c1-48(2,3)61(4,5)60-42(36-16-18-40(54)45-37(36)17-20-44(55)51-45)29-49-28-32-14-19-41-39(27-32)53(47(57)59-41)23-9-10-31-13-15-35(33-11-7-6-8-12-33)38(26-31)50-46(56)58-43-30-52-24-21-34(43)22-25-52/h6-20,26-27,34,42-43,49,54H,21-25,28-30H2,1-5H3,(H,50,56)(H,51,55)/b10-9+/t42-,43-/m0/s1. The van der Waals surface area contributed by atoms with Crippen molar-refractivity contribution < 1.29 is 23.5 Å². The topological polar surface area (TPSA) is 151 Å². The maximum Gasteiger partial charge on any atom is 0.420 e. The minimum atomic E-state index is -2.27. The summed E-state index contributed by atoms with van der Waals surface area (Å²) in [4.78, 5) is 43.7. The zero-order valence-corrected chi connectivity index (χ0v) is 36.5. The number of nitrogens with one attached hydrogen (secondary N) is 3. The van der Waals surface area contributed by atoms with Gasteiger partial charge in [-0.2, -0.15) is 0 Å². The number of aromatic hydroxyl groups is 1. The Morgan fingerprint density at radius 3 is 2.52 bits per heavy atom. The van der Waals surface area contributed by atoms with Gasteiger partial charge in [0, 0.05) is 43.2 Å². The minimum Gasteiger partial charge on any atom is -0.506 e. The van der Waals surface area contributed by atoms with Crippen molar-refractivity contribution in [3.63, 3.8) is 0 Å². The fraction of sp³-hybridized carbons (Fsp3) is 0.354. The highest BCUT2D eigenvalue weighted by molar-refractivity contribution is 6.74. The second-order valence-corrected chi connectivity index (χ2v) is 22.6. The van der Waals surface area contributed by atoms with Gasteiger partial charge in [0.25, 0.3) is 0 Å². The number of hydrogen-bond acceptors (Lipinski definition) is 9. The van der Waals surface area contributed by atoms with Gasteiger partial charge in [-0.1, -0.05) is 87.5 Å². The molecule has 318 valence electrons. The van der Waals surface area contributed by atoms with E-state index in [1.807, 2.05) is 84.9 Å². The molecule has 0 aliphatic carbocycles. The van der Waals surface area contributed by atoms with Gasteiger partial charge in [0.2, 0.25) is 5.56 Å². The number of aromatic amines is 1. The minimum absolute atomic E-state index is 0.00386. The van der Waals surface area contributed by atoms with Crippen LogP contribution in [0.5, 0.6) is 5.75 Å². The SMILES string of the molecule is CC(C)(C)[Si](C)(C)O[C@@H](CNCc1ccc2oc(=O)n(C/C=C/c3ccc(-c4ccccc4)c(NC(=O)O[C@H]4CN5CCC4CC5)c3)c2c1)c1ccc(O)c2[nH]c(=O)ccc12. The first-order valence-corrected chi connectivity index (χ1v) is 24.0. The molecule has 4 aromatic carbocycles. The van der Waals surface area contributed by atoms with E-state index in [2.05, 4.69) is 54.4 Å². The first-order valence-electron chi connectivity index (χ1n) is 21.1. The van der Waals surface area contributed by atoms with Gasteiger partial charge in [0.05, 0.1) is 22.8 Å². The highest BCUT2D eigenvalue weighted by atomic mass is 28.4. The molecule has 3 aliphatic rings. The molecule has 9 rings (SSSR count). The summed E-state index contributed by atoms with van der Waals surface area (Å²) < 4.78 is 20.2.